The maximum Gasteiger partial charge on any atom is 0.242 e. The van der Waals surface area contributed by atoms with E-state index < -0.39 is 9.84 Å². The summed E-state index contributed by atoms with van der Waals surface area (Å²) in [4.78, 5) is 4.04. The van der Waals surface area contributed by atoms with Gasteiger partial charge in [0.05, 0.1) is 12.0 Å². The van der Waals surface area contributed by atoms with Gasteiger partial charge in [-0.15, -0.1) is 0 Å². The zero-order valence-electron chi connectivity index (χ0n) is 9.95. The van der Waals surface area contributed by atoms with Crippen LogP contribution in [0.4, 0.5) is 0 Å². The highest BCUT2D eigenvalue weighted by Crippen LogP contribution is 2.20. The lowest BCUT2D eigenvalue weighted by Gasteiger charge is -2.04. The molecular formula is C11H12N2O4S. The monoisotopic (exact) mass is 268 g/mol. The third kappa shape index (κ3) is 2.67. The second-order valence-electron chi connectivity index (χ2n) is 3.67. The van der Waals surface area contributed by atoms with Crippen LogP contribution < -0.4 is 4.74 Å². The normalized spacial score (nSPS) is 11.4. The van der Waals surface area contributed by atoms with Crippen LogP contribution in [0.25, 0.3) is 0 Å². The first kappa shape index (κ1) is 12.6. The lowest BCUT2D eigenvalue weighted by Crippen LogP contribution is -2.05. The number of benzene rings is 1. The van der Waals surface area contributed by atoms with Crippen molar-refractivity contribution in [1.82, 2.24) is 10.1 Å². The number of hydrogen-bond acceptors (Lipinski definition) is 6. The molecule has 0 unspecified atom stereocenters. The van der Waals surface area contributed by atoms with Crippen LogP contribution in [0.15, 0.2) is 33.7 Å². The highest BCUT2D eigenvalue weighted by molar-refractivity contribution is 7.90. The van der Waals surface area contributed by atoms with Gasteiger partial charge in [0.1, 0.15) is 11.5 Å². The summed E-state index contributed by atoms with van der Waals surface area (Å²) in [5.74, 6) is 0.653. The molecule has 0 aliphatic rings. The van der Waals surface area contributed by atoms with Crippen LogP contribution in [0.5, 0.6) is 5.75 Å². The van der Waals surface area contributed by atoms with Gasteiger partial charge in [0.15, 0.2) is 15.7 Å². The largest absolute Gasteiger partial charge is 0.497 e. The smallest absolute Gasteiger partial charge is 0.242 e. The molecule has 1 heterocycles. The molecule has 0 saturated heterocycles. The molecule has 0 fully saturated rings. The van der Waals surface area contributed by atoms with Crippen molar-refractivity contribution in [1.29, 1.82) is 0 Å². The predicted octanol–water partition coefficient (Wildman–Crippen LogP) is 1.36. The highest BCUT2D eigenvalue weighted by atomic mass is 32.2. The van der Waals surface area contributed by atoms with Crippen LogP contribution in [-0.4, -0.2) is 25.7 Å². The molecule has 18 heavy (non-hydrogen) atoms. The van der Waals surface area contributed by atoms with Gasteiger partial charge in [-0.3, -0.25) is 0 Å². The van der Waals surface area contributed by atoms with Gasteiger partial charge in [0.25, 0.3) is 0 Å². The van der Waals surface area contributed by atoms with Crippen molar-refractivity contribution in [3.05, 3.63) is 36.0 Å². The Kier molecular flexibility index (Phi) is 3.33. The number of sulfone groups is 1. The van der Waals surface area contributed by atoms with Gasteiger partial charge in [-0.05, 0) is 25.1 Å². The molecule has 1 aromatic carbocycles. The van der Waals surface area contributed by atoms with Gasteiger partial charge in [-0.2, -0.15) is 4.98 Å². The fourth-order valence-electron chi connectivity index (χ4n) is 1.44. The van der Waals surface area contributed by atoms with Crippen LogP contribution in [0, 0.1) is 6.92 Å². The molecule has 0 atom stereocenters. The van der Waals surface area contributed by atoms with E-state index in [1.54, 1.807) is 19.1 Å². The highest BCUT2D eigenvalue weighted by Gasteiger charge is 2.19. The van der Waals surface area contributed by atoms with Crippen LogP contribution in [0.1, 0.15) is 11.7 Å². The summed E-state index contributed by atoms with van der Waals surface area (Å²) >= 11 is 0. The van der Waals surface area contributed by atoms with E-state index in [4.69, 9.17) is 9.26 Å². The average Bonchev–Trinajstić information content (AvgIpc) is 2.74. The Bertz CT molecular complexity index is 649. The van der Waals surface area contributed by atoms with Crippen molar-refractivity contribution in [3.63, 3.8) is 0 Å². The topological polar surface area (TPSA) is 82.3 Å². The summed E-state index contributed by atoms with van der Waals surface area (Å²) in [6, 6.07) is 6.25. The molecule has 7 heteroatoms. The zero-order valence-corrected chi connectivity index (χ0v) is 10.8. The predicted molar refractivity (Wildman–Crippen MR) is 62.9 cm³/mol. The van der Waals surface area contributed by atoms with Gasteiger partial charge < -0.3 is 9.26 Å². The van der Waals surface area contributed by atoms with Gasteiger partial charge in [0.2, 0.25) is 5.89 Å². The Hall–Kier alpha value is -1.89. The molecule has 96 valence electrons. The molecule has 6 nitrogen and oxygen atoms in total. The molecule has 0 aliphatic carbocycles. The van der Waals surface area contributed by atoms with E-state index in [1.165, 1.54) is 19.2 Å². The van der Waals surface area contributed by atoms with Crippen molar-refractivity contribution in [2.24, 2.45) is 0 Å². The molecule has 0 amide bonds. The summed E-state index contributed by atoms with van der Waals surface area (Å²) < 4.78 is 34.0. The van der Waals surface area contributed by atoms with Gasteiger partial charge in [-0.25, -0.2) is 8.42 Å². The van der Waals surface area contributed by atoms with Crippen molar-refractivity contribution in [2.75, 3.05) is 7.11 Å². The van der Waals surface area contributed by atoms with E-state index in [9.17, 15) is 8.42 Å². The Balaban J connectivity index is 2.30. The van der Waals surface area contributed by atoms with E-state index in [2.05, 4.69) is 10.1 Å². The molecule has 1 aromatic heterocycles. The van der Waals surface area contributed by atoms with E-state index in [0.29, 0.717) is 11.6 Å². The molecule has 0 bridgehead atoms. The van der Waals surface area contributed by atoms with Crippen molar-refractivity contribution in [2.45, 2.75) is 17.6 Å². The minimum Gasteiger partial charge on any atom is -0.497 e. The molecule has 0 N–H and O–H groups in total. The van der Waals surface area contributed by atoms with Gasteiger partial charge in [-0.1, -0.05) is 11.2 Å². The van der Waals surface area contributed by atoms with E-state index in [1.807, 2.05) is 0 Å². The summed E-state index contributed by atoms with van der Waals surface area (Å²) in [6.07, 6.45) is 0. The number of nitrogens with zero attached hydrogens (tertiary/aromatic N) is 2. The Morgan fingerprint density at radius 3 is 2.78 bits per heavy atom. The molecule has 0 saturated carbocycles. The minimum absolute atomic E-state index is 0.0790. The average molecular weight is 268 g/mol. The lowest BCUT2D eigenvalue weighted by molar-refractivity contribution is 0.384. The summed E-state index contributed by atoms with van der Waals surface area (Å²) in [6.45, 7) is 1.63. The van der Waals surface area contributed by atoms with E-state index >= 15 is 0 Å². The molecule has 0 aliphatic heterocycles. The van der Waals surface area contributed by atoms with Gasteiger partial charge in [0, 0.05) is 0 Å². The Morgan fingerprint density at radius 1 is 1.39 bits per heavy atom. The number of aromatic nitrogens is 2. The fraction of sp³-hybridized carbons (Fsp3) is 0.273. The summed E-state index contributed by atoms with van der Waals surface area (Å²) in [7, 11) is -2.03. The van der Waals surface area contributed by atoms with Crippen LogP contribution in [0.2, 0.25) is 0 Å². The first-order valence-corrected chi connectivity index (χ1v) is 6.82. The van der Waals surface area contributed by atoms with Crippen molar-refractivity contribution in [3.8, 4) is 5.75 Å². The van der Waals surface area contributed by atoms with Crippen molar-refractivity contribution >= 4 is 9.84 Å². The van der Waals surface area contributed by atoms with Crippen LogP contribution in [0.3, 0.4) is 0 Å². The maximum absolute atomic E-state index is 12.1. The number of methoxy groups -OCH3 is 1. The fourth-order valence-corrected chi connectivity index (χ4v) is 2.63. The van der Waals surface area contributed by atoms with Crippen molar-refractivity contribution < 1.29 is 17.7 Å². The Labute approximate surface area is 105 Å². The number of hydrogen-bond donors (Lipinski definition) is 0. The third-order valence-electron chi connectivity index (χ3n) is 2.28. The summed E-state index contributed by atoms with van der Waals surface area (Å²) in [5, 5.41) is 3.55. The summed E-state index contributed by atoms with van der Waals surface area (Å²) in [5.41, 5.74) is 0. The first-order chi connectivity index (χ1) is 8.51. The molecule has 2 rings (SSSR count). The molecular weight excluding hydrogens is 256 g/mol. The Morgan fingerprint density at radius 2 is 2.17 bits per heavy atom. The van der Waals surface area contributed by atoms with E-state index in [-0.39, 0.29) is 16.5 Å². The third-order valence-corrected chi connectivity index (χ3v) is 3.88. The maximum atomic E-state index is 12.1. The standard InChI is InChI=1S/C11H12N2O4S/c1-8-12-11(17-13-8)7-18(14,15)10-5-3-4-9(6-10)16-2/h3-6H,7H2,1-2H3. The second kappa shape index (κ2) is 4.77. The SMILES string of the molecule is COc1cccc(S(=O)(=O)Cc2nc(C)no2)c1. The number of ether oxygens (including phenoxy) is 1. The van der Waals surface area contributed by atoms with Crippen LogP contribution >= 0.6 is 0 Å². The number of aryl methyl sites for hydroxylation is 1. The zero-order chi connectivity index (χ0) is 13.2. The molecule has 0 radical (unpaired) electrons. The lowest BCUT2D eigenvalue weighted by atomic mass is 10.3. The number of rotatable bonds is 4. The van der Waals surface area contributed by atoms with E-state index in [0.717, 1.165) is 0 Å². The quantitative estimate of drug-likeness (QED) is 0.832. The van der Waals surface area contributed by atoms with Crippen LogP contribution in [-0.2, 0) is 15.6 Å². The molecule has 0 spiro atoms. The minimum atomic E-state index is -3.51. The second-order valence-corrected chi connectivity index (χ2v) is 5.66. The first-order valence-electron chi connectivity index (χ1n) is 5.17. The van der Waals surface area contributed by atoms with Gasteiger partial charge >= 0.3 is 0 Å². The molecule has 2 aromatic rings.